The Kier molecular flexibility index (Phi) is 11.2. The number of amides is 1. The normalized spacial score (nSPS) is 17.3. The first-order chi connectivity index (χ1) is 20.4. The third-order valence-electron chi connectivity index (χ3n) is 7.70. The van der Waals surface area contributed by atoms with Crippen LogP contribution >= 0.6 is 0 Å². The maximum absolute atomic E-state index is 14.2. The predicted octanol–water partition coefficient (Wildman–Crippen LogP) is -1.87. The Bertz CT molecular complexity index is 1600. The summed E-state index contributed by atoms with van der Waals surface area (Å²) in [4.78, 5) is 13.5. The van der Waals surface area contributed by atoms with E-state index in [0.29, 0.717) is 33.9 Å². The SMILES string of the molecule is O=C(Nc1ccc(O[C@@H]2CC[NH2+]C2)c(-c2ccc(F)cc2)c1)c1ccc(O[C@@H]2CC[NH2+]C2)c(-c2ccc(F)c(F)c2)c1.[Cl-].[Cl-]. The van der Waals surface area contributed by atoms with Crippen LogP contribution in [0.2, 0.25) is 0 Å². The number of rotatable bonds is 8. The van der Waals surface area contributed by atoms with Gasteiger partial charge in [-0.3, -0.25) is 4.79 Å². The minimum Gasteiger partial charge on any atom is -1.00 e. The van der Waals surface area contributed by atoms with Gasteiger partial charge < -0.3 is 50.2 Å². The predicted molar refractivity (Wildman–Crippen MR) is 153 cm³/mol. The topological polar surface area (TPSA) is 80.8 Å². The van der Waals surface area contributed by atoms with Gasteiger partial charge in [-0.15, -0.1) is 0 Å². The van der Waals surface area contributed by atoms with Gasteiger partial charge in [0.25, 0.3) is 5.91 Å². The second-order valence-electron chi connectivity index (χ2n) is 10.7. The molecule has 6 nitrogen and oxygen atoms in total. The summed E-state index contributed by atoms with van der Waals surface area (Å²) >= 11 is 0. The first-order valence-electron chi connectivity index (χ1n) is 14.2. The number of anilines is 1. The zero-order valence-corrected chi connectivity index (χ0v) is 25.2. The van der Waals surface area contributed by atoms with Crippen molar-refractivity contribution < 1.29 is 62.9 Å². The third kappa shape index (κ3) is 7.65. The van der Waals surface area contributed by atoms with Gasteiger partial charge in [0.1, 0.15) is 30.4 Å². The molecule has 2 aliphatic heterocycles. The zero-order chi connectivity index (χ0) is 29.1. The van der Waals surface area contributed by atoms with Gasteiger partial charge in [0.2, 0.25) is 0 Å². The zero-order valence-electron chi connectivity index (χ0n) is 23.7. The molecule has 5 N–H and O–H groups in total. The Morgan fingerprint density at radius 1 is 0.682 bits per heavy atom. The van der Waals surface area contributed by atoms with Crippen LogP contribution in [0.15, 0.2) is 78.9 Å². The summed E-state index contributed by atoms with van der Waals surface area (Å²) in [5.41, 5.74) is 3.25. The van der Waals surface area contributed by atoms with Gasteiger partial charge in [0.15, 0.2) is 23.8 Å². The molecule has 0 spiro atoms. The van der Waals surface area contributed by atoms with E-state index >= 15 is 0 Å². The molecule has 2 saturated heterocycles. The number of hydrogen-bond donors (Lipinski definition) is 3. The van der Waals surface area contributed by atoms with Crippen LogP contribution in [0.1, 0.15) is 23.2 Å². The van der Waals surface area contributed by atoms with E-state index < -0.39 is 11.6 Å². The van der Waals surface area contributed by atoms with E-state index in [0.717, 1.165) is 62.3 Å². The molecule has 4 aromatic rings. The number of nitrogens with one attached hydrogen (secondary N) is 1. The molecular weight excluding hydrogens is 614 g/mol. The van der Waals surface area contributed by atoms with Crippen molar-refractivity contribution in [3.63, 3.8) is 0 Å². The summed E-state index contributed by atoms with van der Waals surface area (Å²) < 4.78 is 54.0. The average Bonchev–Trinajstić information content (AvgIpc) is 3.71. The molecule has 0 aliphatic carbocycles. The molecule has 2 atom stereocenters. The summed E-state index contributed by atoms with van der Waals surface area (Å²) in [6.45, 7) is 3.61. The van der Waals surface area contributed by atoms with Crippen LogP contribution in [0.3, 0.4) is 0 Å². The summed E-state index contributed by atoms with van der Waals surface area (Å²) in [6.07, 6.45) is 1.86. The number of hydrogen-bond acceptors (Lipinski definition) is 3. The average molecular weight is 647 g/mol. The van der Waals surface area contributed by atoms with Crippen LogP contribution in [-0.2, 0) is 0 Å². The molecule has 232 valence electrons. The van der Waals surface area contributed by atoms with Crippen molar-refractivity contribution >= 4 is 11.6 Å². The van der Waals surface area contributed by atoms with Crippen molar-refractivity contribution in [1.82, 2.24) is 0 Å². The largest absolute Gasteiger partial charge is 1.00 e. The van der Waals surface area contributed by atoms with Crippen molar-refractivity contribution in [1.29, 1.82) is 0 Å². The fourth-order valence-corrected chi connectivity index (χ4v) is 5.46. The number of nitrogens with two attached hydrogens (primary N) is 2. The Morgan fingerprint density at radius 3 is 1.86 bits per heavy atom. The van der Waals surface area contributed by atoms with Crippen LogP contribution in [0.5, 0.6) is 11.5 Å². The fraction of sp³-hybridized carbons (Fsp3) is 0.242. The minimum atomic E-state index is -0.978. The Balaban J connectivity index is 0.00000221. The van der Waals surface area contributed by atoms with Crippen molar-refractivity contribution in [2.75, 3.05) is 31.5 Å². The molecule has 0 aromatic heterocycles. The van der Waals surface area contributed by atoms with Crippen LogP contribution in [0, 0.1) is 17.5 Å². The lowest BCUT2D eigenvalue weighted by molar-refractivity contribution is -0.638. The molecule has 2 fully saturated rings. The molecule has 11 heteroatoms. The van der Waals surface area contributed by atoms with Gasteiger partial charge in [0, 0.05) is 35.2 Å². The van der Waals surface area contributed by atoms with E-state index in [4.69, 9.17) is 9.47 Å². The number of carbonyl (C=O) groups excluding carboxylic acids is 1. The molecule has 2 aliphatic rings. The minimum absolute atomic E-state index is 0. The lowest BCUT2D eigenvalue weighted by Gasteiger charge is -2.18. The number of ether oxygens (including phenoxy) is 2. The summed E-state index contributed by atoms with van der Waals surface area (Å²) in [6, 6.07) is 20.2. The van der Waals surface area contributed by atoms with Gasteiger partial charge in [-0.1, -0.05) is 18.2 Å². The summed E-state index contributed by atoms with van der Waals surface area (Å²) in [7, 11) is 0. The molecule has 0 bridgehead atoms. The molecule has 1 amide bonds. The number of benzene rings is 4. The molecule has 2 heterocycles. The van der Waals surface area contributed by atoms with Crippen molar-refractivity contribution in [3.05, 3.63) is 102 Å². The van der Waals surface area contributed by atoms with Gasteiger partial charge in [0.05, 0.1) is 13.1 Å². The summed E-state index contributed by atoms with van der Waals surface area (Å²) in [5, 5.41) is 7.30. The molecule has 0 unspecified atom stereocenters. The maximum Gasteiger partial charge on any atom is 0.255 e. The number of carbonyl (C=O) groups is 1. The van der Waals surface area contributed by atoms with Crippen LogP contribution in [0.4, 0.5) is 18.9 Å². The monoisotopic (exact) mass is 645 g/mol. The third-order valence-corrected chi connectivity index (χ3v) is 7.70. The Morgan fingerprint density at radius 2 is 1.27 bits per heavy atom. The molecule has 0 radical (unpaired) electrons. The number of halogens is 5. The van der Waals surface area contributed by atoms with Gasteiger partial charge in [-0.05, 0) is 71.8 Å². The lowest BCUT2D eigenvalue weighted by Crippen LogP contribution is -3.00. The fourth-order valence-electron chi connectivity index (χ4n) is 5.46. The molecule has 6 rings (SSSR count). The standard InChI is InChI=1S/C33H30F3N3O3.2ClH/c34-23-5-1-20(2-6-23)28-17-24(7-10-32(28)42-26-12-14-38-19-26)39-33(40)22-4-9-31(41-25-11-13-37-18-25)27(15-22)21-3-8-29(35)30(36)16-21;;/h1-10,15-17,25-26,37-38H,11-14,18-19H2,(H,39,40);2*1H/t25-,26-;;/m1../s1. The van der Waals surface area contributed by atoms with Crippen LogP contribution in [0.25, 0.3) is 22.3 Å². The molecule has 0 saturated carbocycles. The molecule has 4 aromatic carbocycles. The van der Waals surface area contributed by atoms with E-state index in [1.54, 1.807) is 36.4 Å². The van der Waals surface area contributed by atoms with Crippen molar-refractivity contribution in [2.24, 2.45) is 0 Å². The van der Waals surface area contributed by atoms with Gasteiger partial charge >= 0.3 is 0 Å². The van der Waals surface area contributed by atoms with Crippen LogP contribution < -0.4 is 50.2 Å². The van der Waals surface area contributed by atoms with E-state index in [2.05, 4.69) is 16.0 Å². The van der Waals surface area contributed by atoms with Crippen LogP contribution in [-0.4, -0.2) is 44.3 Å². The Hall–Kier alpha value is -3.76. The quantitative estimate of drug-likeness (QED) is 0.210. The van der Waals surface area contributed by atoms with E-state index in [-0.39, 0.29) is 48.7 Å². The van der Waals surface area contributed by atoms with Crippen molar-refractivity contribution in [2.45, 2.75) is 25.0 Å². The smallest absolute Gasteiger partial charge is 0.255 e. The maximum atomic E-state index is 14.2. The van der Waals surface area contributed by atoms with E-state index in [9.17, 15) is 18.0 Å². The van der Waals surface area contributed by atoms with Crippen molar-refractivity contribution in [3.8, 4) is 33.8 Å². The highest BCUT2D eigenvalue weighted by Gasteiger charge is 2.24. The highest BCUT2D eigenvalue weighted by atomic mass is 35.5. The highest BCUT2D eigenvalue weighted by Crippen LogP contribution is 2.36. The number of quaternary nitrogens is 2. The highest BCUT2D eigenvalue weighted by molar-refractivity contribution is 6.05. The second-order valence-corrected chi connectivity index (χ2v) is 10.7. The lowest BCUT2D eigenvalue weighted by atomic mass is 10.0. The second kappa shape index (κ2) is 14.8. The molecule has 44 heavy (non-hydrogen) atoms. The van der Waals surface area contributed by atoms with Gasteiger partial charge in [-0.25, -0.2) is 13.2 Å². The van der Waals surface area contributed by atoms with E-state index in [1.165, 1.54) is 18.2 Å². The first-order valence-corrected chi connectivity index (χ1v) is 14.2. The van der Waals surface area contributed by atoms with Gasteiger partial charge in [-0.2, -0.15) is 0 Å². The van der Waals surface area contributed by atoms with E-state index in [1.807, 2.05) is 12.1 Å². The Labute approximate surface area is 266 Å². The first kappa shape index (κ1) is 33.1. The molecular formula is C33H32Cl2F3N3O3. The summed E-state index contributed by atoms with van der Waals surface area (Å²) in [5.74, 6) is -1.49.